The average Bonchev–Trinajstić information content (AvgIpc) is 2.86. The van der Waals surface area contributed by atoms with Crippen LogP contribution in [0.5, 0.6) is 0 Å². The molecule has 0 radical (unpaired) electrons. The van der Waals surface area contributed by atoms with Crippen LogP contribution >= 0.6 is 0 Å². The van der Waals surface area contributed by atoms with Crippen LogP contribution < -0.4 is 15.5 Å². The third-order valence-corrected chi connectivity index (χ3v) is 4.90. The van der Waals surface area contributed by atoms with Crippen molar-refractivity contribution in [1.29, 1.82) is 0 Å². The van der Waals surface area contributed by atoms with Crippen molar-refractivity contribution in [2.45, 2.75) is 0 Å². The van der Waals surface area contributed by atoms with Crippen molar-refractivity contribution in [3.63, 3.8) is 0 Å². The second kappa shape index (κ2) is 10.1. The van der Waals surface area contributed by atoms with Crippen molar-refractivity contribution in [2.24, 2.45) is 15.7 Å². The molecule has 0 atom stereocenters. The topological polar surface area (TPSA) is 57.2 Å². The summed E-state index contributed by atoms with van der Waals surface area (Å²) >= 11 is 0. The first-order valence-corrected chi connectivity index (χ1v) is 10.4. The molecule has 32 heavy (non-hydrogen) atoms. The lowest BCUT2D eigenvalue weighted by Gasteiger charge is -2.27. The third kappa shape index (κ3) is 4.68. The van der Waals surface area contributed by atoms with Gasteiger partial charge < -0.3 is 5.73 Å². The Bertz CT molecular complexity index is 1090. The second-order valence-electron chi connectivity index (χ2n) is 7.01. The van der Waals surface area contributed by atoms with Gasteiger partial charge in [0.15, 0.2) is 0 Å². The molecule has 0 aliphatic heterocycles. The first-order chi connectivity index (χ1) is 15.8. The number of hydrogen-bond donors (Lipinski definition) is 1. The van der Waals surface area contributed by atoms with E-state index in [0.717, 1.165) is 22.7 Å². The highest BCUT2D eigenvalue weighted by atomic mass is 15.3. The van der Waals surface area contributed by atoms with Gasteiger partial charge in [0.1, 0.15) is 0 Å². The molecular formula is C27H25N5. The molecule has 0 heterocycles. The van der Waals surface area contributed by atoms with E-state index in [0.29, 0.717) is 11.9 Å². The minimum Gasteiger partial charge on any atom is -0.369 e. The van der Waals surface area contributed by atoms with Gasteiger partial charge in [-0.25, -0.2) is 0 Å². The van der Waals surface area contributed by atoms with Gasteiger partial charge in [-0.2, -0.15) is 4.99 Å². The van der Waals surface area contributed by atoms with E-state index in [9.17, 15) is 0 Å². The van der Waals surface area contributed by atoms with Crippen LogP contribution in [0.25, 0.3) is 0 Å². The highest BCUT2D eigenvalue weighted by Gasteiger charge is 2.19. The van der Waals surface area contributed by atoms with Gasteiger partial charge in [0.05, 0.1) is 0 Å². The molecule has 0 aliphatic carbocycles. The molecule has 0 saturated carbocycles. The first kappa shape index (κ1) is 20.9. The Hall–Kier alpha value is -4.38. The SMILES string of the molecule is CN=C(N=C(N)N(c1ccccc1)c1ccccc1)N(c1ccccc1)c1ccccc1. The van der Waals surface area contributed by atoms with Crippen LogP contribution in [0.3, 0.4) is 0 Å². The molecule has 0 spiro atoms. The van der Waals surface area contributed by atoms with E-state index in [-0.39, 0.29) is 0 Å². The minimum absolute atomic E-state index is 0.319. The van der Waals surface area contributed by atoms with Crippen LogP contribution in [0.15, 0.2) is 131 Å². The molecule has 5 heteroatoms. The van der Waals surface area contributed by atoms with Gasteiger partial charge in [-0.05, 0) is 48.5 Å². The maximum Gasteiger partial charge on any atom is 0.232 e. The fourth-order valence-electron chi connectivity index (χ4n) is 3.45. The van der Waals surface area contributed by atoms with Crippen molar-refractivity contribution >= 4 is 34.7 Å². The van der Waals surface area contributed by atoms with Crippen LogP contribution in [-0.2, 0) is 0 Å². The maximum absolute atomic E-state index is 6.62. The molecule has 2 N–H and O–H groups in total. The summed E-state index contributed by atoms with van der Waals surface area (Å²) in [7, 11) is 1.72. The number of para-hydroxylation sites is 4. The van der Waals surface area contributed by atoms with Gasteiger partial charge >= 0.3 is 0 Å². The Morgan fingerprint density at radius 1 is 0.531 bits per heavy atom. The van der Waals surface area contributed by atoms with Crippen molar-refractivity contribution in [2.75, 3.05) is 16.8 Å². The number of guanidine groups is 2. The normalized spacial score (nSPS) is 11.8. The number of benzene rings is 4. The van der Waals surface area contributed by atoms with E-state index in [1.165, 1.54) is 0 Å². The standard InChI is InChI=1S/C27H25N5/c1-29-27(32(24-18-10-4-11-19-24)25-20-12-5-13-21-25)30-26(28)31(22-14-6-2-7-15-22)23-16-8-3-9-17-23/h2-21H,1H3,(H2,28,29,30). The first-order valence-electron chi connectivity index (χ1n) is 10.4. The summed E-state index contributed by atoms with van der Waals surface area (Å²) in [6, 6.07) is 39.9. The molecular weight excluding hydrogens is 394 g/mol. The van der Waals surface area contributed by atoms with Crippen molar-refractivity contribution in [3.8, 4) is 0 Å². The number of nitrogens with two attached hydrogens (primary N) is 1. The molecule has 0 aliphatic rings. The molecule has 0 fully saturated rings. The monoisotopic (exact) mass is 419 g/mol. The molecule has 0 unspecified atom stereocenters. The average molecular weight is 420 g/mol. The predicted octanol–water partition coefficient (Wildman–Crippen LogP) is 5.96. The molecule has 4 rings (SSSR count). The molecule has 0 amide bonds. The lowest BCUT2D eigenvalue weighted by atomic mass is 10.2. The van der Waals surface area contributed by atoms with Crippen molar-refractivity contribution in [1.82, 2.24) is 0 Å². The van der Waals surface area contributed by atoms with Gasteiger partial charge in [0.2, 0.25) is 11.9 Å². The van der Waals surface area contributed by atoms with Crippen molar-refractivity contribution in [3.05, 3.63) is 121 Å². The molecule has 0 saturated heterocycles. The molecule has 0 aromatic heterocycles. The molecule has 158 valence electrons. The number of hydrogen-bond acceptors (Lipinski definition) is 1. The lowest BCUT2D eigenvalue weighted by molar-refractivity contribution is 1.23. The predicted molar refractivity (Wildman–Crippen MR) is 135 cm³/mol. The van der Waals surface area contributed by atoms with Crippen LogP contribution in [0, 0.1) is 0 Å². The summed E-state index contributed by atoms with van der Waals surface area (Å²) in [6.07, 6.45) is 0. The number of anilines is 4. The number of aliphatic imine (C=N–C) groups is 2. The summed E-state index contributed by atoms with van der Waals surface area (Å²) in [5, 5.41) is 0. The zero-order valence-electron chi connectivity index (χ0n) is 17.9. The lowest BCUT2D eigenvalue weighted by Crippen LogP contribution is -2.36. The van der Waals surface area contributed by atoms with E-state index in [2.05, 4.69) is 4.99 Å². The van der Waals surface area contributed by atoms with Gasteiger partial charge in [-0.1, -0.05) is 72.8 Å². The fraction of sp³-hybridized carbons (Fsp3) is 0.0370. The summed E-state index contributed by atoms with van der Waals surface area (Å²) < 4.78 is 0. The molecule has 5 nitrogen and oxygen atoms in total. The van der Waals surface area contributed by atoms with Gasteiger partial charge in [-0.15, -0.1) is 0 Å². The summed E-state index contributed by atoms with van der Waals surface area (Å²) in [4.78, 5) is 13.2. The van der Waals surface area contributed by atoms with Gasteiger partial charge in [0, 0.05) is 29.8 Å². The van der Waals surface area contributed by atoms with Gasteiger partial charge in [-0.3, -0.25) is 14.8 Å². The Morgan fingerprint density at radius 3 is 1.16 bits per heavy atom. The van der Waals surface area contributed by atoms with Crippen LogP contribution in [0.1, 0.15) is 0 Å². The van der Waals surface area contributed by atoms with Crippen molar-refractivity contribution < 1.29 is 0 Å². The van der Waals surface area contributed by atoms with E-state index in [1.807, 2.05) is 131 Å². The Kier molecular flexibility index (Phi) is 6.58. The number of rotatable bonds is 4. The molecule has 4 aromatic carbocycles. The Balaban J connectivity index is 1.80. The zero-order valence-corrected chi connectivity index (χ0v) is 17.9. The highest BCUT2D eigenvalue weighted by Crippen LogP contribution is 2.28. The van der Waals surface area contributed by atoms with Crippen LogP contribution in [-0.4, -0.2) is 19.0 Å². The Morgan fingerprint density at radius 2 is 0.844 bits per heavy atom. The largest absolute Gasteiger partial charge is 0.369 e. The van der Waals surface area contributed by atoms with E-state index in [1.54, 1.807) is 7.05 Å². The second-order valence-corrected chi connectivity index (χ2v) is 7.01. The van der Waals surface area contributed by atoms with E-state index in [4.69, 9.17) is 10.7 Å². The third-order valence-electron chi connectivity index (χ3n) is 4.90. The smallest absolute Gasteiger partial charge is 0.232 e. The summed E-state index contributed by atoms with van der Waals surface area (Å²) in [6.45, 7) is 0. The molecule has 0 bridgehead atoms. The zero-order chi connectivity index (χ0) is 22.2. The van der Waals surface area contributed by atoms with Gasteiger partial charge in [0.25, 0.3) is 0 Å². The Labute approximate surface area is 188 Å². The quantitative estimate of drug-likeness (QED) is 0.328. The fourth-order valence-corrected chi connectivity index (χ4v) is 3.45. The minimum atomic E-state index is 0.319. The summed E-state index contributed by atoms with van der Waals surface area (Å²) in [5.74, 6) is 0.802. The van der Waals surface area contributed by atoms with E-state index < -0.39 is 0 Å². The van der Waals surface area contributed by atoms with E-state index >= 15 is 0 Å². The highest BCUT2D eigenvalue weighted by molar-refractivity contribution is 6.12. The molecule has 4 aromatic rings. The number of nitrogens with zero attached hydrogens (tertiary/aromatic N) is 4. The summed E-state index contributed by atoms with van der Waals surface area (Å²) in [5.41, 5.74) is 10.3. The van der Waals surface area contributed by atoms with Crippen LogP contribution in [0.4, 0.5) is 22.7 Å². The maximum atomic E-state index is 6.62. The van der Waals surface area contributed by atoms with Crippen LogP contribution in [0.2, 0.25) is 0 Å².